The van der Waals surface area contributed by atoms with Crippen LogP contribution in [0.4, 0.5) is 5.69 Å². The molecule has 2 amide bonds. The molecular weight excluding hydrogens is 485 g/mol. The predicted molar refractivity (Wildman–Crippen MR) is 124 cm³/mol. The number of likely N-dealkylation sites (tertiary alicyclic amines) is 1. The van der Waals surface area contributed by atoms with Crippen LogP contribution in [-0.4, -0.2) is 34.9 Å². The minimum Gasteiger partial charge on any atom is -0.339 e. The number of hydrogen-bond acceptors (Lipinski definition) is 3. The molecule has 1 aliphatic rings. The third kappa shape index (κ3) is 5.75. The normalized spacial score (nSPS) is 14.1. The Morgan fingerprint density at radius 2 is 1.61 bits per heavy atom. The minimum atomic E-state index is -0.260. The molecule has 0 aliphatic carbocycles. The molecular formula is C21H22IN3O2S. The molecule has 7 heteroatoms. The third-order valence-electron chi connectivity index (χ3n) is 4.60. The molecule has 0 spiro atoms. The van der Waals surface area contributed by atoms with Crippen molar-refractivity contribution in [2.75, 3.05) is 18.4 Å². The highest BCUT2D eigenvalue weighted by Crippen LogP contribution is 2.16. The first kappa shape index (κ1) is 20.7. The van der Waals surface area contributed by atoms with E-state index in [1.807, 2.05) is 17.0 Å². The highest BCUT2D eigenvalue weighted by Gasteiger charge is 2.17. The van der Waals surface area contributed by atoms with E-state index in [2.05, 4.69) is 33.2 Å². The molecule has 0 atom stereocenters. The Hall–Kier alpha value is -2.00. The van der Waals surface area contributed by atoms with Crippen molar-refractivity contribution in [2.24, 2.45) is 0 Å². The summed E-state index contributed by atoms with van der Waals surface area (Å²) in [5.74, 6) is -0.188. The van der Waals surface area contributed by atoms with Gasteiger partial charge in [-0.3, -0.25) is 14.9 Å². The first-order chi connectivity index (χ1) is 13.5. The molecule has 0 aromatic heterocycles. The number of hydrogen-bond donors (Lipinski definition) is 2. The van der Waals surface area contributed by atoms with Crippen LogP contribution in [-0.2, 0) is 0 Å². The van der Waals surface area contributed by atoms with E-state index in [0.717, 1.165) is 35.2 Å². The van der Waals surface area contributed by atoms with Gasteiger partial charge >= 0.3 is 0 Å². The van der Waals surface area contributed by atoms with Crippen LogP contribution in [0.3, 0.4) is 0 Å². The zero-order chi connectivity index (χ0) is 19.9. The van der Waals surface area contributed by atoms with E-state index in [0.29, 0.717) is 11.1 Å². The number of benzene rings is 2. The highest BCUT2D eigenvalue weighted by molar-refractivity contribution is 14.1. The maximum absolute atomic E-state index is 12.6. The van der Waals surface area contributed by atoms with Gasteiger partial charge in [0.15, 0.2) is 5.11 Å². The van der Waals surface area contributed by atoms with Crippen LogP contribution in [0.5, 0.6) is 0 Å². The van der Waals surface area contributed by atoms with Crippen LogP contribution in [0, 0.1) is 3.57 Å². The Morgan fingerprint density at radius 3 is 2.25 bits per heavy atom. The van der Waals surface area contributed by atoms with Crippen molar-refractivity contribution < 1.29 is 9.59 Å². The fourth-order valence-electron chi connectivity index (χ4n) is 3.12. The van der Waals surface area contributed by atoms with E-state index in [4.69, 9.17) is 12.2 Å². The van der Waals surface area contributed by atoms with Crippen LogP contribution in [0.15, 0.2) is 48.5 Å². The van der Waals surface area contributed by atoms with Gasteiger partial charge in [-0.05, 0) is 90.1 Å². The van der Waals surface area contributed by atoms with Gasteiger partial charge in [-0.25, -0.2) is 0 Å². The van der Waals surface area contributed by atoms with Gasteiger partial charge in [-0.15, -0.1) is 0 Å². The molecule has 2 N–H and O–H groups in total. The van der Waals surface area contributed by atoms with Gasteiger partial charge in [-0.2, -0.15) is 0 Å². The Kier molecular flexibility index (Phi) is 7.38. The Morgan fingerprint density at radius 1 is 0.929 bits per heavy atom. The fraction of sp³-hybridized carbons (Fsp3) is 0.286. The Balaban J connectivity index is 1.56. The van der Waals surface area contributed by atoms with E-state index in [1.165, 1.54) is 12.8 Å². The van der Waals surface area contributed by atoms with Gasteiger partial charge in [0.1, 0.15) is 0 Å². The van der Waals surface area contributed by atoms with Crippen molar-refractivity contribution in [1.82, 2.24) is 10.2 Å². The Bertz CT molecular complexity index is 862. The van der Waals surface area contributed by atoms with Gasteiger partial charge in [0.05, 0.1) is 0 Å². The minimum absolute atomic E-state index is 0.0722. The van der Waals surface area contributed by atoms with Crippen LogP contribution in [0.1, 0.15) is 46.4 Å². The molecule has 146 valence electrons. The highest BCUT2D eigenvalue weighted by atomic mass is 127. The third-order valence-corrected chi connectivity index (χ3v) is 5.47. The predicted octanol–water partition coefficient (Wildman–Crippen LogP) is 4.43. The first-order valence-corrected chi connectivity index (χ1v) is 10.8. The van der Waals surface area contributed by atoms with Crippen molar-refractivity contribution >= 4 is 57.4 Å². The Labute approximate surface area is 184 Å². The average Bonchev–Trinajstić information content (AvgIpc) is 2.97. The lowest BCUT2D eigenvalue weighted by Gasteiger charge is -2.20. The van der Waals surface area contributed by atoms with Crippen LogP contribution in [0.25, 0.3) is 0 Å². The molecule has 1 fully saturated rings. The summed E-state index contributed by atoms with van der Waals surface area (Å²) in [7, 11) is 0. The zero-order valence-corrected chi connectivity index (χ0v) is 18.4. The number of amides is 2. The van der Waals surface area contributed by atoms with Gasteiger partial charge in [0.2, 0.25) is 0 Å². The number of nitrogens with zero attached hydrogens (tertiary/aromatic N) is 1. The summed E-state index contributed by atoms with van der Waals surface area (Å²) >= 11 is 7.38. The van der Waals surface area contributed by atoms with Crippen molar-refractivity contribution in [3.8, 4) is 0 Å². The van der Waals surface area contributed by atoms with E-state index in [-0.39, 0.29) is 16.9 Å². The maximum atomic E-state index is 12.6. The number of halogens is 1. The molecule has 28 heavy (non-hydrogen) atoms. The molecule has 1 saturated heterocycles. The first-order valence-electron chi connectivity index (χ1n) is 9.30. The van der Waals surface area contributed by atoms with Crippen LogP contribution in [0.2, 0.25) is 0 Å². The second kappa shape index (κ2) is 9.97. The van der Waals surface area contributed by atoms with Crippen LogP contribution >= 0.6 is 34.8 Å². The van der Waals surface area contributed by atoms with Crippen molar-refractivity contribution in [2.45, 2.75) is 25.7 Å². The number of nitrogens with one attached hydrogen (secondary N) is 2. The topological polar surface area (TPSA) is 61.4 Å². The van der Waals surface area contributed by atoms with E-state index in [1.54, 1.807) is 36.4 Å². The summed E-state index contributed by atoms with van der Waals surface area (Å²) in [5, 5.41) is 5.87. The monoisotopic (exact) mass is 507 g/mol. The lowest BCUT2D eigenvalue weighted by Crippen LogP contribution is -2.34. The summed E-state index contributed by atoms with van der Waals surface area (Å²) < 4.78 is 0.980. The summed E-state index contributed by atoms with van der Waals surface area (Å²) in [6.45, 7) is 1.65. The van der Waals surface area contributed by atoms with Crippen molar-refractivity contribution in [3.63, 3.8) is 0 Å². The fourth-order valence-corrected chi connectivity index (χ4v) is 3.87. The smallest absolute Gasteiger partial charge is 0.257 e. The van der Waals surface area contributed by atoms with Gasteiger partial charge in [-0.1, -0.05) is 18.9 Å². The maximum Gasteiger partial charge on any atom is 0.257 e. The number of anilines is 1. The molecule has 2 aromatic rings. The molecule has 0 saturated carbocycles. The zero-order valence-electron chi connectivity index (χ0n) is 15.4. The molecule has 1 heterocycles. The SMILES string of the molecule is O=C(NC(=S)Nc1ccc(C(=O)N2CCCCCC2)cc1)c1cccc(I)c1. The number of carbonyl (C=O) groups excluding carboxylic acids is 2. The summed E-state index contributed by atoms with van der Waals surface area (Å²) in [4.78, 5) is 26.8. The summed E-state index contributed by atoms with van der Waals surface area (Å²) in [5.41, 5.74) is 1.94. The van der Waals surface area contributed by atoms with E-state index < -0.39 is 0 Å². The molecule has 5 nitrogen and oxygen atoms in total. The summed E-state index contributed by atoms with van der Waals surface area (Å²) in [6.07, 6.45) is 4.52. The second-order valence-electron chi connectivity index (χ2n) is 6.70. The standard InChI is InChI=1S/C21H22IN3O2S/c22-17-7-5-6-16(14-17)19(26)24-21(28)23-18-10-8-15(9-11-18)20(27)25-12-3-1-2-4-13-25/h5-11,14H,1-4,12-13H2,(H2,23,24,26,28). The largest absolute Gasteiger partial charge is 0.339 e. The van der Waals surface area contributed by atoms with Crippen molar-refractivity contribution in [1.29, 1.82) is 0 Å². The molecule has 0 bridgehead atoms. The average molecular weight is 507 g/mol. The van der Waals surface area contributed by atoms with Gasteiger partial charge in [0, 0.05) is 33.5 Å². The molecule has 0 unspecified atom stereocenters. The lowest BCUT2D eigenvalue weighted by molar-refractivity contribution is 0.0761. The molecule has 0 radical (unpaired) electrons. The van der Waals surface area contributed by atoms with E-state index in [9.17, 15) is 9.59 Å². The number of thiocarbonyl (C=S) groups is 1. The summed E-state index contributed by atoms with van der Waals surface area (Å²) in [6, 6.07) is 14.5. The lowest BCUT2D eigenvalue weighted by atomic mass is 10.1. The van der Waals surface area contributed by atoms with E-state index >= 15 is 0 Å². The number of carbonyl (C=O) groups is 2. The molecule has 3 rings (SSSR count). The van der Waals surface area contributed by atoms with Crippen molar-refractivity contribution in [3.05, 3.63) is 63.2 Å². The second-order valence-corrected chi connectivity index (χ2v) is 8.36. The number of rotatable bonds is 3. The quantitative estimate of drug-likeness (QED) is 0.477. The van der Waals surface area contributed by atoms with Gasteiger partial charge < -0.3 is 10.2 Å². The molecule has 1 aliphatic heterocycles. The van der Waals surface area contributed by atoms with Crippen LogP contribution < -0.4 is 10.6 Å². The van der Waals surface area contributed by atoms with Gasteiger partial charge in [0.25, 0.3) is 11.8 Å². The molecule has 2 aromatic carbocycles.